The fourth-order valence-electron chi connectivity index (χ4n) is 3.30. The van der Waals surface area contributed by atoms with E-state index in [0.29, 0.717) is 17.6 Å². The summed E-state index contributed by atoms with van der Waals surface area (Å²) < 4.78 is 37.2. The summed E-state index contributed by atoms with van der Waals surface area (Å²) >= 11 is 0.946. The van der Waals surface area contributed by atoms with Crippen LogP contribution in [0.25, 0.3) is 11.0 Å². The molecule has 0 radical (unpaired) electrons. The fraction of sp³-hybridized carbons (Fsp3) is 0.174. The first kappa shape index (κ1) is 22.1. The Morgan fingerprint density at radius 2 is 1.69 bits per heavy atom. The van der Waals surface area contributed by atoms with Crippen LogP contribution in [0.5, 0.6) is 0 Å². The van der Waals surface area contributed by atoms with E-state index in [0.717, 1.165) is 28.4 Å². The minimum Gasteiger partial charge on any atom is -0.351 e. The Kier molecular flexibility index (Phi) is 6.59. The molecule has 0 saturated heterocycles. The summed E-state index contributed by atoms with van der Waals surface area (Å²) in [4.78, 5) is 13.1. The number of amides is 1. The lowest BCUT2D eigenvalue weighted by atomic mass is 10.1. The molecule has 0 aliphatic rings. The van der Waals surface area contributed by atoms with Crippen molar-refractivity contribution >= 4 is 38.7 Å². The van der Waals surface area contributed by atoms with Crippen LogP contribution in [0, 0.1) is 6.92 Å². The number of hydrogen-bond acceptors (Lipinski definition) is 6. The smallest absolute Gasteiger partial charge is 0.243 e. The molecule has 0 fully saturated rings. The Hall–Kier alpha value is -3.14. The highest BCUT2D eigenvalue weighted by Crippen LogP contribution is 2.21. The van der Waals surface area contributed by atoms with Gasteiger partial charge in [0.1, 0.15) is 22.0 Å². The van der Waals surface area contributed by atoms with Crippen molar-refractivity contribution in [1.82, 2.24) is 18.8 Å². The van der Waals surface area contributed by atoms with Crippen molar-refractivity contribution in [2.24, 2.45) is 0 Å². The van der Waals surface area contributed by atoms with E-state index in [9.17, 15) is 13.2 Å². The molecule has 1 amide bonds. The summed E-state index contributed by atoms with van der Waals surface area (Å²) in [5, 5.41) is 2.85. The number of benzene rings is 3. The number of sulfonamides is 1. The maximum Gasteiger partial charge on any atom is 0.243 e. The highest BCUT2D eigenvalue weighted by Gasteiger charge is 2.28. The van der Waals surface area contributed by atoms with Gasteiger partial charge in [-0.1, -0.05) is 66.2 Å². The summed E-state index contributed by atoms with van der Waals surface area (Å²) in [7, 11) is -4.02. The Morgan fingerprint density at radius 3 is 2.44 bits per heavy atom. The zero-order chi connectivity index (χ0) is 22.6. The second-order valence-electron chi connectivity index (χ2n) is 7.46. The molecule has 1 aromatic heterocycles. The Balaban J connectivity index is 1.57. The van der Waals surface area contributed by atoms with Gasteiger partial charge >= 0.3 is 0 Å². The number of rotatable bonds is 8. The Morgan fingerprint density at radius 1 is 0.938 bits per heavy atom. The SMILES string of the molecule is Cc1ccc(CNC(=O)[C@@H](Cc2ccccc2)NS(=O)(=O)c2cccc3nsnc23)cc1. The maximum atomic E-state index is 13.2. The molecule has 0 aliphatic carbocycles. The molecule has 0 aliphatic heterocycles. The van der Waals surface area contributed by atoms with Crippen molar-refractivity contribution < 1.29 is 13.2 Å². The summed E-state index contributed by atoms with van der Waals surface area (Å²) in [5.41, 5.74) is 3.70. The number of nitrogens with one attached hydrogen (secondary N) is 2. The molecule has 4 aromatic rings. The van der Waals surface area contributed by atoms with Gasteiger partial charge in [0.25, 0.3) is 0 Å². The molecule has 2 N–H and O–H groups in total. The van der Waals surface area contributed by atoms with Gasteiger partial charge in [-0.2, -0.15) is 13.5 Å². The topological polar surface area (TPSA) is 101 Å². The van der Waals surface area contributed by atoms with Crippen LogP contribution in [0.3, 0.4) is 0 Å². The molecule has 3 aromatic carbocycles. The third kappa shape index (κ3) is 5.18. The monoisotopic (exact) mass is 466 g/mol. The van der Waals surface area contributed by atoms with Gasteiger partial charge in [-0.25, -0.2) is 8.42 Å². The Labute approximate surface area is 190 Å². The Bertz CT molecular complexity index is 1320. The minimum atomic E-state index is -4.02. The van der Waals surface area contributed by atoms with E-state index >= 15 is 0 Å². The lowest BCUT2D eigenvalue weighted by Gasteiger charge is -2.19. The largest absolute Gasteiger partial charge is 0.351 e. The van der Waals surface area contributed by atoms with E-state index < -0.39 is 22.0 Å². The zero-order valence-corrected chi connectivity index (χ0v) is 19.0. The first-order valence-electron chi connectivity index (χ1n) is 10.0. The van der Waals surface area contributed by atoms with E-state index in [4.69, 9.17) is 0 Å². The van der Waals surface area contributed by atoms with Crippen LogP contribution < -0.4 is 10.0 Å². The second kappa shape index (κ2) is 9.56. The van der Waals surface area contributed by atoms with E-state index in [1.807, 2.05) is 61.5 Å². The summed E-state index contributed by atoms with van der Waals surface area (Å²) in [6.07, 6.45) is 0.213. The fourth-order valence-corrected chi connectivity index (χ4v) is 5.27. The molecule has 0 unspecified atom stereocenters. The average molecular weight is 467 g/mol. The van der Waals surface area contributed by atoms with Crippen LogP contribution in [0.15, 0.2) is 77.7 Å². The lowest BCUT2D eigenvalue weighted by Crippen LogP contribution is -2.47. The van der Waals surface area contributed by atoms with E-state index in [1.54, 1.807) is 12.1 Å². The average Bonchev–Trinajstić information content (AvgIpc) is 3.27. The standard InChI is InChI=1S/C23H22N4O3S2/c1-16-10-12-18(13-11-16)15-24-23(28)20(14-17-6-3-2-4-7-17)27-32(29,30)21-9-5-8-19-22(21)26-31-25-19/h2-13,20,27H,14-15H2,1H3,(H,24,28)/t20-/m1/s1. The molecule has 7 nitrogen and oxygen atoms in total. The van der Waals surface area contributed by atoms with Gasteiger partial charge in [0, 0.05) is 6.54 Å². The van der Waals surface area contributed by atoms with Crippen molar-refractivity contribution in [2.75, 3.05) is 0 Å². The molecule has 0 saturated carbocycles. The molecular weight excluding hydrogens is 444 g/mol. The van der Waals surface area contributed by atoms with Crippen LogP contribution in [0.4, 0.5) is 0 Å². The lowest BCUT2D eigenvalue weighted by molar-refractivity contribution is -0.122. The first-order valence-corrected chi connectivity index (χ1v) is 12.2. The number of carbonyl (C=O) groups is 1. The van der Waals surface area contributed by atoms with E-state index in [-0.39, 0.29) is 11.3 Å². The predicted octanol–water partition coefficient (Wildman–Crippen LogP) is 3.21. The van der Waals surface area contributed by atoms with E-state index in [2.05, 4.69) is 18.8 Å². The number of carbonyl (C=O) groups excluding carboxylic acids is 1. The van der Waals surface area contributed by atoms with Gasteiger partial charge in [0.2, 0.25) is 15.9 Å². The zero-order valence-electron chi connectivity index (χ0n) is 17.4. The summed E-state index contributed by atoms with van der Waals surface area (Å²) in [6, 6.07) is 20.9. The molecule has 164 valence electrons. The molecule has 1 atom stereocenters. The van der Waals surface area contributed by atoms with Crippen LogP contribution >= 0.6 is 11.7 Å². The van der Waals surface area contributed by atoms with Gasteiger partial charge in [-0.05, 0) is 36.6 Å². The quantitative estimate of drug-likeness (QED) is 0.415. The van der Waals surface area contributed by atoms with Crippen molar-refractivity contribution in [2.45, 2.75) is 30.8 Å². The molecule has 32 heavy (non-hydrogen) atoms. The van der Waals surface area contributed by atoms with Crippen LogP contribution in [0.1, 0.15) is 16.7 Å². The number of hydrogen-bond donors (Lipinski definition) is 2. The van der Waals surface area contributed by atoms with Crippen LogP contribution in [-0.4, -0.2) is 29.1 Å². The molecular formula is C23H22N4O3S2. The van der Waals surface area contributed by atoms with Crippen molar-refractivity contribution in [3.63, 3.8) is 0 Å². The van der Waals surface area contributed by atoms with Gasteiger partial charge < -0.3 is 5.32 Å². The highest BCUT2D eigenvalue weighted by molar-refractivity contribution is 7.89. The normalized spacial score (nSPS) is 12.5. The summed E-state index contributed by atoms with van der Waals surface area (Å²) in [6.45, 7) is 2.29. The van der Waals surface area contributed by atoms with Gasteiger partial charge in [-0.3, -0.25) is 4.79 Å². The van der Waals surface area contributed by atoms with Gasteiger partial charge in [0.05, 0.1) is 11.7 Å². The number of fused-ring (bicyclic) bond motifs is 1. The number of aromatic nitrogens is 2. The highest BCUT2D eigenvalue weighted by atomic mass is 32.2. The molecule has 4 rings (SSSR count). The van der Waals surface area contributed by atoms with Gasteiger partial charge in [-0.15, -0.1) is 0 Å². The van der Waals surface area contributed by atoms with Gasteiger partial charge in [0.15, 0.2) is 0 Å². The maximum absolute atomic E-state index is 13.2. The van der Waals surface area contributed by atoms with E-state index in [1.165, 1.54) is 6.07 Å². The second-order valence-corrected chi connectivity index (χ2v) is 9.67. The third-order valence-corrected chi connectivity index (χ3v) is 7.07. The number of aryl methyl sites for hydroxylation is 1. The molecule has 0 bridgehead atoms. The number of nitrogens with zero attached hydrogens (tertiary/aromatic N) is 2. The molecule has 9 heteroatoms. The molecule has 1 heterocycles. The molecule has 0 spiro atoms. The van der Waals surface area contributed by atoms with Crippen LogP contribution in [0.2, 0.25) is 0 Å². The van der Waals surface area contributed by atoms with Crippen molar-refractivity contribution in [1.29, 1.82) is 0 Å². The first-order chi connectivity index (χ1) is 15.4. The predicted molar refractivity (Wildman–Crippen MR) is 125 cm³/mol. The summed E-state index contributed by atoms with van der Waals surface area (Å²) in [5.74, 6) is -0.401. The minimum absolute atomic E-state index is 0.00754. The third-order valence-electron chi connectivity index (χ3n) is 5.02. The van der Waals surface area contributed by atoms with Crippen LogP contribution in [-0.2, 0) is 27.8 Å². The van der Waals surface area contributed by atoms with Crippen molar-refractivity contribution in [3.8, 4) is 0 Å². The van der Waals surface area contributed by atoms with Crippen molar-refractivity contribution in [3.05, 3.63) is 89.5 Å².